The number of nitrogens with two attached hydrogens (primary N) is 1. The molecule has 0 spiro atoms. The second kappa shape index (κ2) is 4.68. The SMILES string of the molecule is Nc1cc(C(F)(F)F)ccc1N1CCC(O)CC1. The minimum Gasteiger partial charge on any atom is -0.397 e. The Kier molecular flexibility index (Phi) is 3.38. The summed E-state index contributed by atoms with van der Waals surface area (Å²) in [5, 5.41) is 9.39. The molecule has 0 bridgehead atoms. The maximum Gasteiger partial charge on any atom is 0.416 e. The molecule has 0 amide bonds. The number of aliphatic hydroxyl groups is 1. The molecule has 1 fully saturated rings. The number of alkyl halides is 3. The summed E-state index contributed by atoms with van der Waals surface area (Å²) in [7, 11) is 0. The van der Waals surface area contributed by atoms with Crippen LogP contribution in [-0.4, -0.2) is 24.3 Å². The van der Waals surface area contributed by atoms with Crippen LogP contribution in [0.15, 0.2) is 18.2 Å². The predicted molar refractivity (Wildman–Crippen MR) is 63.3 cm³/mol. The van der Waals surface area contributed by atoms with Crippen molar-refractivity contribution in [3.63, 3.8) is 0 Å². The van der Waals surface area contributed by atoms with E-state index in [4.69, 9.17) is 5.73 Å². The Morgan fingerprint density at radius 3 is 2.33 bits per heavy atom. The lowest BCUT2D eigenvalue weighted by Gasteiger charge is -2.32. The molecule has 1 aliphatic rings. The highest BCUT2D eigenvalue weighted by Gasteiger charge is 2.31. The van der Waals surface area contributed by atoms with Gasteiger partial charge in [-0.1, -0.05) is 0 Å². The van der Waals surface area contributed by atoms with Crippen LogP contribution in [0.4, 0.5) is 24.5 Å². The molecule has 0 aromatic heterocycles. The third kappa shape index (κ3) is 2.69. The molecule has 0 atom stereocenters. The second-order valence-corrected chi connectivity index (χ2v) is 4.49. The Labute approximate surface area is 103 Å². The zero-order valence-corrected chi connectivity index (χ0v) is 9.74. The quantitative estimate of drug-likeness (QED) is 0.761. The minimum atomic E-state index is -4.37. The first-order valence-corrected chi connectivity index (χ1v) is 5.77. The molecule has 18 heavy (non-hydrogen) atoms. The van der Waals surface area contributed by atoms with Crippen molar-refractivity contribution in [2.75, 3.05) is 23.7 Å². The molecule has 1 heterocycles. The summed E-state index contributed by atoms with van der Waals surface area (Å²) in [6.45, 7) is 1.22. The van der Waals surface area contributed by atoms with Crippen LogP contribution in [0.1, 0.15) is 18.4 Å². The predicted octanol–water partition coefficient (Wildman–Crippen LogP) is 2.25. The minimum absolute atomic E-state index is 0.126. The molecule has 100 valence electrons. The Morgan fingerprint density at radius 2 is 1.83 bits per heavy atom. The molecule has 2 rings (SSSR count). The smallest absolute Gasteiger partial charge is 0.397 e. The monoisotopic (exact) mass is 260 g/mol. The largest absolute Gasteiger partial charge is 0.416 e. The van der Waals surface area contributed by atoms with Gasteiger partial charge in [0.25, 0.3) is 0 Å². The van der Waals surface area contributed by atoms with E-state index in [1.54, 1.807) is 0 Å². The summed E-state index contributed by atoms with van der Waals surface area (Å²) in [4.78, 5) is 1.90. The van der Waals surface area contributed by atoms with Crippen molar-refractivity contribution >= 4 is 11.4 Å². The third-order valence-electron chi connectivity index (χ3n) is 3.16. The first-order valence-electron chi connectivity index (χ1n) is 5.77. The van der Waals surface area contributed by atoms with Gasteiger partial charge in [0.05, 0.1) is 23.0 Å². The molecular formula is C12H15F3N2O. The Bertz CT molecular complexity index is 426. The topological polar surface area (TPSA) is 49.5 Å². The number of hydrogen-bond acceptors (Lipinski definition) is 3. The van der Waals surface area contributed by atoms with E-state index in [9.17, 15) is 18.3 Å². The molecule has 1 aromatic rings. The van der Waals surface area contributed by atoms with Crippen LogP contribution in [0.25, 0.3) is 0 Å². The number of aliphatic hydroxyl groups excluding tert-OH is 1. The maximum atomic E-state index is 12.5. The first kappa shape index (κ1) is 13.0. The lowest BCUT2D eigenvalue weighted by atomic mass is 10.1. The van der Waals surface area contributed by atoms with Gasteiger partial charge in [-0.2, -0.15) is 13.2 Å². The van der Waals surface area contributed by atoms with E-state index in [2.05, 4.69) is 0 Å². The third-order valence-corrected chi connectivity index (χ3v) is 3.16. The normalized spacial score (nSPS) is 18.1. The van der Waals surface area contributed by atoms with Crippen molar-refractivity contribution in [3.8, 4) is 0 Å². The number of benzene rings is 1. The summed E-state index contributed by atoms with van der Waals surface area (Å²) in [6, 6.07) is 3.40. The summed E-state index contributed by atoms with van der Waals surface area (Å²) in [6.07, 6.45) is -3.47. The van der Waals surface area contributed by atoms with Crippen LogP contribution < -0.4 is 10.6 Å². The van der Waals surface area contributed by atoms with Gasteiger partial charge < -0.3 is 15.7 Å². The fraction of sp³-hybridized carbons (Fsp3) is 0.500. The highest BCUT2D eigenvalue weighted by atomic mass is 19.4. The van der Waals surface area contributed by atoms with Gasteiger partial charge in [0.2, 0.25) is 0 Å². The molecule has 1 saturated heterocycles. The van der Waals surface area contributed by atoms with Crippen LogP contribution in [0, 0.1) is 0 Å². The van der Waals surface area contributed by atoms with Crippen molar-refractivity contribution in [1.29, 1.82) is 0 Å². The highest BCUT2D eigenvalue weighted by molar-refractivity contribution is 5.68. The van der Waals surface area contributed by atoms with E-state index in [1.807, 2.05) is 4.90 Å². The molecule has 3 N–H and O–H groups in total. The van der Waals surface area contributed by atoms with Crippen molar-refractivity contribution in [2.45, 2.75) is 25.1 Å². The van der Waals surface area contributed by atoms with E-state index in [0.29, 0.717) is 31.6 Å². The fourth-order valence-corrected chi connectivity index (χ4v) is 2.13. The number of rotatable bonds is 1. The summed E-state index contributed by atoms with van der Waals surface area (Å²) < 4.78 is 37.5. The molecule has 1 aromatic carbocycles. The van der Waals surface area contributed by atoms with E-state index in [1.165, 1.54) is 6.07 Å². The number of halogens is 3. The number of anilines is 2. The maximum absolute atomic E-state index is 12.5. The zero-order valence-electron chi connectivity index (χ0n) is 9.74. The van der Waals surface area contributed by atoms with Gasteiger partial charge in [0.15, 0.2) is 0 Å². The number of nitrogen functional groups attached to an aromatic ring is 1. The molecule has 6 heteroatoms. The molecule has 1 aliphatic heterocycles. The average molecular weight is 260 g/mol. The van der Waals surface area contributed by atoms with Crippen molar-refractivity contribution in [1.82, 2.24) is 0 Å². The van der Waals surface area contributed by atoms with Gasteiger partial charge in [-0.05, 0) is 31.0 Å². The molecular weight excluding hydrogens is 245 g/mol. The average Bonchev–Trinajstić information content (AvgIpc) is 2.29. The van der Waals surface area contributed by atoms with Gasteiger partial charge in [0, 0.05) is 13.1 Å². The molecule has 0 radical (unpaired) electrons. The van der Waals surface area contributed by atoms with Crippen LogP contribution in [0.3, 0.4) is 0 Å². The fourth-order valence-electron chi connectivity index (χ4n) is 2.13. The summed E-state index contributed by atoms with van der Waals surface area (Å²) in [5.74, 6) is 0. The number of piperidine rings is 1. The first-order chi connectivity index (χ1) is 8.38. The van der Waals surface area contributed by atoms with Crippen molar-refractivity contribution in [2.24, 2.45) is 0 Å². The van der Waals surface area contributed by atoms with Crippen molar-refractivity contribution < 1.29 is 18.3 Å². The Balaban J connectivity index is 2.20. The summed E-state index contributed by atoms with van der Waals surface area (Å²) >= 11 is 0. The van der Waals surface area contributed by atoms with Gasteiger partial charge >= 0.3 is 6.18 Å². The number of hydrogen-bond donors (Lipinski definition) is 2. The lowest BCUT2D eigenvalue weighted by molar-refractivity contribution is -0.137. The van der Waals surface area contributed by atoms with Gasteiger partial charge in [-0.15, -0.1) is 0 Å². The molecule has 0 unspecified atom stereocenters. The molecule has 0 saturated carbocycles. The van der Waals surface area contributed by atoms with E-state index < -0.39 is 11.7 Å². The van der Waals surface area contributed by atoms with Crippen LogP contribution >= 0.6 is 0 Å². The highest BCUT2D eigenvalue weighted by Crippen LogP contribution is 2.34. The van der Waals surface area contributed by atoms with Gasteiger partial charge in [-0.3, -0.25) is 0 Å². The standard InChI is InChI=1S/C12H15F3N2O/c13-12(14,15)8-1-2-11(10(16)7-8)17-5-3-9(18)4-6-17/h1-2,7,9,18H,3-6,16H2. The van der Waals surface area contributed by atoms with E-state index in [-0.39, 0.29) is 11.8 Å². The van der Waals surface area contributed by atoms with Crippen molar-refractivity contribution in [3.05, 3.63) is 23.8 Å². The molecule has 3 nitrogen and oxygen atoms in total. The molecule has 0 aliphatic carbocycles. The Morgan fingerprint density at radius 1 is 1.22 bits per heavy atom. The lowest BCUT2D eigenvalue weighted by Crippen LogP contribution is -2.36. The van der Waals surface area contributed by atoms with Crippen LogP contribution in [-0.2, 0) is 6.18 Å². The number of nitrogens with zero attached hydrogens (tertiary/aromatic N) is 1. The second-order valence-electron chi connectivity index (χ2n) is 4.49. The van der Waals surface area contributed by atoms with Crippen LogP contribution in [0.2, 0.25) is 0 Å². The van der Waals surface area contributed by atoms with Gasteiger partial charge in [0.1, 0.15) is 0 Å². The van der Waals surface area contributed by atoms with E-state index in [0.717, 1.165) is 12.1 Å². The summed E-state index contributed by atoms with van der Waals surface area (Å²) in [5.41, 5.74) is 5.68. The van der Waals surface area contributed by atoms with E-state index >= 15 is 0 Å². The zero-order chi connectivity index (χ0) is 13.3. The van der Waals surface area contributed by atoms with Crippen LogP contribution in [0.5, 0.6) is 0 Å². The Hall–Kier alpha value is -1.43. The van der Waals surface area contributed by atoms with Gasteiger partial charge in [-0.25, -0.2) is 0 Å².